The normalized spacial score (nSPS) is 7.57. The van der Waals surface area contributed by atoms with Gasteiger partial charge in [-0.15, -0.1) is 0 Å². The van der Waals surface area contributed by atoms with Crippen LogP contribution in [-0.4, -0.2) is 0 Å². The van der Waals surface area contributed by atoms with Crippen LogP contribution in [0.25, 0.3) is 0 Å². The lowest BCUT2D eigenvalue weighted by Crippen LogP contribution is -1.71. The Morgan fingerprint density at radius 2 is 1.71 bits per heavy atom. The van der Waals surface area contributed by atoms with Crippen LogP contribution >= 0.6 is 0 Å². The molecule has 7 heavy (non-hydrogen) atoms. The Hall–Kier alpha value is -0.780. The minimum atomic E-state index is 0.731. The molecule has 0 spiro atoms. The first-order chi connectivity index (χ1) is 3.18. The van der Waals surface area contributed by atoms with Gasteiger partial charge in [-0.25, -0.2) is 0 Å². The van der Waals surface area contributed by atoms with Gasteiger partial charge in [-0.2, -0.15) is 0 Å². The number of hydrogen-bond acceptors (Lipinski definition) is 0. The van der Waals surface area contributed by atoms with Crippen molar-refractivity contribution in [1.29, 1.82) is 0 Å². The van der Waals surface area contributed by atoms with E-state index in [1.54, 1.807) is 6.08 Å². The van der Waals surface area contributed by atoms with Gasteiger partial charge in [-0.1, -0.05) is 25.8 Å². The van der Waals surface area contributed by atoms with Gasteiger partial charge in [-0.3, -0.25) is 0 Å². The maximum absolute atomic E-state index is 3.59. The summed E-state index contributed by atoms with van der Waals surface area (Å²) in [5.74, 6) is 0. The van der Waals surface area contributed by atoms with Crippen LogP contribution in [0.4, 0.5) is 0 Å². The van der Waals surface area contributed by atoms with Crippen molar-refractivity contribution in [2.24, 2.45) is 0 Å². The molecule has 0 N–H and O–H groups in total. The Balaban J connectivity index is 3.81. The number of rotatable bonds is 2. The molecule has 0 saturated heterocycles. The number of allylic oxidation sites excluding steroid dienone is 3. The van der Waals surface area contributed by atoms with E-state index < -0.39 is 0 Å². The Morgan fingerprint density at radius 3 is 1.71 bits per heavy atom. The predicted molar refractivity (Wildman–Crippen MR) is 33.8 cm³/mol. The molecule has 0 aromatic heterocycles. The Kier molecular flexibility index (Phi) is 2.14. The van der Waals surface area contributed by atoms with Gasteiger partial charge in [0.05, 0.1) is 0 Å². The van der Waals surface area contributed by atoms with E-state index in [1.165, 1.54) is 0 Å². The summed E-state index contributed by atoms with van der Waals surface area (Å²) in [7, 11) is 0. The molecule has 1 radical (unpaired) electrons. The molecule has 0 heteroatoms. The third-order valence-electron chi connectivity index (χ3n) is 0.701. The molecule has 0 bridgehead atoms. The van der Waals surface area contributed by atoms with Gasteiger partial charge in [0, 0.05) is 0 Å². The van der Waals surface area contributed by atoms with Gasteiger partial charge in [0.15, 0.2) is 0 Å². The fraction of sp³-hybridized carbons (Fsp3) is 0. The first-order valence-corrected chi connectivity index (χ1v) is 2.01. The molecule has 0 aliphatic carbocycles. The van der Waals surface area contributed by atoms with Crippen LogP contribution in [0, 0.1) is 6.92 Å². The lowest BCUT2D eigenvalue weighted by molar-refractivity contribution is 1.63. The molecule has 0 nitrogen and oxygen atoms in total. The van der Waals surface area contributed by atoms with Crippen molar-refractivity contribution in [3.05, 3.63) is 43.9 Å². The minimum Gasteiger partial charge on any atom is -0.0985 e. The molecule has 0 aliphatic rings. The van der Waals surface area contributed by atoms with Crippen molar-refractivity contribution in [2.75, 3.05) is 0 Å². The summed E-state index contributed by atoms with van der Waals surface area (Å²) in [5.41, 5.74) is 1.54. The van der Waals surface area contributed by atoms with Gasteiger partial charge in [0.2, 0.25) is 0 Å². The van der Waals surface area contributed by atoms with Crippen molar-refractivity contribution >= 4 is 0 Å². The zero-order valence-electron chi connectivity index (χ0n) is 4.41. The predicted octanol–water partition coefficient (Wildman–Crippen LogP) is 2.12. The van der Waals surface area contributed by atoms with Crippen molar-refractivity contribution < 1.29 is 0 Å². The highest BCUT2D eigenvalue weighted by atomic mass is 13.9. The largest absolute Gasteiger partial charge is 0.0985 e. The molecular formula is C7H9. The van der Waals surface area contributed by atoms with Crippen molar-refractivity contribution in [2.45, 2.75) is 0 Å². The Labute approximate surface area is 44.9 Å². The summed E-state index contributed by atoms with van der Waals surface area (Å²) in [6, 6.07) is 0. The molecule has 0 atom stereocenters. The van der Waals surface area contributed by atoms with Crippen LogP contribution in [0.2, 0.25) is 0 Å². The smallest absolute Gasteiger partial charge is 0.0238 e. The van der Waals surface area contributed by atoms with Crippen LogP contribution < -0.4 is 0 Å². The van der Waals surface area contributed by atoms with E-state index in [-0.39, 0.29) is 0 Å². The van der Waals surface area contributed by atoms with Gasteiger partial charge >= 0.3 is 0 Å². The molecular weight excluding hydrogens is 84.1 g/mol. The highest BCUT2D eigenvalue weighted by molar-refractivity contribution is 5.35. The highest BCUT2D eigenvalue weighted by Gasteiger charge is 1.81. The number of hydrogen-bond donors (Lipinski definition) is 0. The summed E-state index contributed by atoms with van der Waals surface area (Å²) >= 11 is 0. The van der Waals surface area contributed by atoms with E-state index in [4.69, 9.17) is 0 Å². The van der Waals surface area contributed by atoms with E-state index in [9.17, 15) is 0 Å². The Morgan fingerprint density at radius 1 is 1.29 bits per heavy atom. The second kappa shape index (κ2) is 2.40. The van der Waals surface area contributed by atoms with Gasteiger partial charge in [0.1, 0.15) is 0 Å². The quantitative estimate of drug-likeness (QED) is 0.459. The molecule has 0 rings (SSSR count). The molecule has 0 aliphatic heterocycles. The average Bonchev–Trinajstić information content (AvgIpc) is 1.65. The molecule has 0 aromatic carbocycles. The summed E-state index contributed by atoms with van der Waals surface area (Å²) in [5, 5.41) is 0. The fourth-order valence-electron chi connectivity index (χ4n) is 0.144. The summed E-state index contributed by atoms with van der Waals surface area (Å²) in [4.78, 5) is 0. The van der Waals surface area contributed by atoms with Crippen LogP contribution in [-0.2, 0) is 0 Å². The molecule has 0 saturated carbocycles. The monoisotopic (exact) mass is 93.1 g/mol. The summed E-state index contributed by atoms with van der Waals surface area (Å²) < 4.78 is 0. The second-order valence-corrected chi connectivity index (χ2v) is 1.33. The fourth-order valence-corrected chi connectivity index (χ4v) is 0.144. The van der Waals surface area contributed by atoms with Gasteiger partial charge in [0.25, 0.3) is 0 Å². The third kappa shape index (κ3) is 1.99. The summed E-state index contributed by atoms with van der Waals surface area (Å²) in [6.07, 6.45) is 1.63. The minimum absolute atomic E-state index is 0.731. The lowest BCUT2D eigenvalue weighted by atomic mass is 10.2. The van der Waals surface area contributed by atoms with E-state index in [1.807, 2.05) is 0 Å². The zero-order chi connectivity index (χ0) is 5.86. The van der Waals surface area contributed by atoms with E-state index >= 15 is 0 Å². The first kappa shape index (κ1) is 6.22. The topological polar surface area (TPSA) is 0 Å². The molecule has 0 aromatic rings. The van der Waals surface area contributed by atoms with E-state index in [0.29, 0.717) is 0 Å². The molecule has 0 unspecified atom stereocenters. The Bertz CT molecular complexity index is 107. The van der Waals surface area contributed by atoms with Crippen LogP contribution in [0.1, 0.15) is 0 Å². The zero-order valence-corrected chi connectivity index (χ0v) is 4.41. The van der Waals surface area contributed by atoms with Crippen molar-refractivity contribution in [3.8, 4) is 0 Å². The highest BCUT2D eigenvalue weighted by Crippen LogP contribution is 2.01. The maximum Gasteiger partial charge on any atom is -0.0238 e. The SMILES string of the molecule is [CH2]C(=C)C(=C)C=C. The standard InChI is InChI=1S/C7H9/c1-5-7(4)6(2)3/h5H,1-4H2. The first-order valence-electron chi connectivity index (χ1n) is 2.01. The van der Waals surface area contributed by atoms with Gasteiger partial charge in [-0.05, 0) is 18.1 Å². The van der Waals surface area contributed by atoms with Crippen LogP contribution in [0.5, 0.6) is 0 Å². The third-order valence-corrected chi connectivity index (χ3v) is 0.701. The average molecular weight is 93.1 g/mol. The molecule has 0 heterocycles. The van der Waals surface area contributed by atoms with Crippen LogP contribution in [0.15, 0.2) is 37.0 Å². The van der Waals surface area contributed by atoms with Crippen molar-refractivity contribution in [1.82, 2.24) is 0 Å². The van der Waals surface area contributed by atoms with Gasteiger partial charge < -0.3 is 0 Å². The van der Waals surface area contributed by atoms with Crippen LogP contribution in [0.3, 0.4) is 0 Å². The van der Waals surface area contributed by atoms with Crippen molar-refractivity contribution in [3.63, 3.8) is 0 Å². The van der Waals surface area contributed by atoms with E-state index in [0.717, 1.165) is 11.1 Å². The second-order valence-electron chi connectivity index (χ2n) is 1.33. The van der Waals surface area contributed by atoms with E-state index in [2.05, 4.69) is 26.7 Å². The lowest BCUT2D eigenvalue weighted by Gasteiger charge is -1.90. The summed E-state index contributed by atoms with van der Waals surface area (Å²) in [6.45, 7) is 14.2. The molecule has 37 valence electrons. The molecule has 0 fully saturated rings. The molecule has 0 amide bonds. The maximum atomic E-state index is 3.59.